The molecule has 0 aliphatic rings. The molecule has 22 heavy (non-hydrogen) atoms. The van der Waals surface area contributed by atoms with Gasteiger partial charge in [0.05, 0.1) is 11.0 Å². The van der Waals surface area contributed by atoms with Crippen LogP contribution in [0.3, 0.4) is 0 Å². The Morgan fingerprint density at radius 1 is 1.05 bits per heavy atom. The van der Waals surface area contributed by atoms with Gasteiger partial charge in [0.1, 0.15) is 0 Å². The van der Waals surface area contributed by atoms with Gasteiger partial charge in [-0.05, 0) is 28.6 Å². The number of tetrazole rings is 1. The highest BCUT2D eigenvalue weighted by Crippen LogP contribution is 2.21. The van der Waals surface area contributed by atoms with Crippen molar-refractivity contribution in [1.82, 2.24) is 25.0 Å². The van der Waals surface area contributed by atoms with Gasteiger partial charge in [0.25, 0.3) is 0 Å². The molecule has 0 saturated carbocycles. The molecule has 2 aromatic heterocycles. The molecule has 0 amide bonds. The first kappa shape index (κ1) is 12.8. The number of hydrogen-bond donors (Lipinski definition) is 0. The molecule has 7 heteroatoms. The summed E-state index contributed by atoms with van der Waals surface area (Å²) in [6.45, 7) is 0. The first-order valence-electron chi connectivity index (χ1n) is 6.51. The van der Waals surface area contributed by atoms with Gasteiger partial charge >= 0.3 is 0 Å². The van der Waals surface area contributed by atoms with E-state index in [-0.39, 0.29) is 10.9 Å². The summed E-state index contributed by atoms with van der Waals surface area (Å²) in [6.07, 6.45) is 0. The summed E-state index contributed by atoms with van der Waals surface area (Å²) >= 11 is 6.03. The van der Waals surface area contributed by atoms with Crippen molar-refractivity contribution in [2.45, 2.75) is 0 Å². The van der Waals surface area contributed by atoms with Crippen LogP contribution >= 0.6 is 11.6 Å². The summed E-state index contributed by atoms with van der Waals surface area (Å²) in [4.78, 5) is 16.8. The first-order chi connectivity index (χ1) is 10.7. The van der Waals surface area contributed by atoms with Crippen molar-refractivity contribution in [2.24, 2.45) is 0 Å². The largest absolute Gasteiger partial charge is 0.289 e. The van der Waals surface area contributed by atoms with Crippen LogP contribution < -0.4 is 0 Å². The lowest BCUT2D eigenvalue weighted by Gasteiger charge is -2.04. The Kier molecular flexibility index (Phi) is 2.83. The number of benzene rings is 2. The van der Waals surface area contributed by atoms with Gasteiger partial charge in [-0.15, -0.1) is 5.10 Å². The zero-order chi connectivity index (χ0) is 15.1. The third-order valence-electron chi connectivity index (χ3n) is 3.37. The molecular formula is C15H8ClN5O. The normalized spacial score (nSPS) is 11.1. The summed E-state index contributed by atoms with van der Waals surface area (Å²) in [5.41, 5.74) is 2.77. The Hall–Kier alpha value is -2.86. The third kappa shape index (κ3) is 1.93. The van der Waals surface area contributed by atoms with E-state index in [4.69, 9.17) is 11.6 Å². The van der Waals surface area contributed by atoms with Gasteiger partial charge < -0.3 is 0 Å². The number of ketones is 1. The summed E-state index contributed by atoms with van der Waals surface area (Å²) in [5.74, 6) is -0.0707. The minimum absolute atomic E-state index is 0.0707. The fourth-order valence-corrected chi connectivity index (χ4v) is 2.53. The van der Waals surface area contributed by atoms with E-state index in [0.29, 0.717) is 27.8 Å². The molecule has 2 aromatic carbocycles. The van der Waals surface area contributed by atoms with Crippen LogP contribution in [0.5, 0.6) is 0 Å². The van der Waals surface area contributed by atoms with Gasteiger partial charge in [0, 0.05) is 11.1 Å². The molecule has 106 valence electrons. The number of aromatic nitrogens is 5. The van der Waals surface area contributed by atoms with Crippen molar-refractivity contribution in [3.05, 3.63) is 64.8 Å². The minimum Gasteiger partial charge on any atom is -0.289 e. The quantitative estimate of drug-likeness (QED) is 0.532. The zero-order valence-corrected chi connectivity index (χ0v) is 11.9. The van der Waals surface area contributed by atoms with E-state index < -0.39 is 0 Å². The molecule has 0 aliphatic carbocycles. The van der Waals surface area contributed by atoms with Crippen molar-refractivity contribution in [1.29, 1.82) is 0 Å². The van der Waals surface area contributed by atoms with Crippen LogP contribution in [-0.4, -0.2) is 30.8 Å². The van der Waals surface area contributed by atoms with Gasteiger partial charge in [-0.3, -0.25) is 4.79 Å². The lowest BCUT2D eigenvalue weighted by Crippen LogP contribution is -2.03. The smallest absolute Gasteiger partial charge is 0.217 e. The standard InChI is InChI=1S/C15H8ClN5O/c16-14-15-18-19-20-21(15)12-8-10(6-7-11(12)17-14)13(22)9-4-2-1-3-5-9/h1-8H. The lowest BCUT2D eigenvalue weighted by molar-refractivity contribution is 0.103. The molecule has 0 saturated heterocycles. The number of rotatable bonds is 2. The van der Waals surface area contributed by atoms with E-state index in [9.17, 15) is 4.79 Å². The molecule has 0 spiro atoms. The van der Waals surface area contributed by atoms with Crippen molar-refractivity contribution in [3.8, 4) is 0 Å². The van der Waals surface area contributed by atoms with Gasteiger partial charge in [0.2, 0.25) is 5.65 Å². The highest BCUT2D eigenvalue weighted by atomic mass is 35.5. The highest BCUT2D eigenvalue weighted by molar-refractivity contribution is 6.32. The second-order valence-corrected chi connectivity index (χ2v) is 5.07. The van der Waals surface area contributed by atoms with Crippen LogP contribution in [0.15, 0.2) is 48.5 Å². The maximum Gasteiger partial charge on any atom is 0.217 e. The average molecular weight is 310 g/mol. The number of hydrogen-bond acceptors (Lipinski definition) is 5. The summed E-state index contributed by atoms with van der Waals surface area (Å²) in [5, 5.41) is 11.5. The maximum absolute atomic E-state index is 12.5. The Morgan fingerprint density at radius 2 is 1.86 bits per heavy atom. The predicted octanol–water partition coefficient (Wildman–Crippen LogP) is 2.56. The number of halogens is 1. The molecule has 0 atom stereocenters. The number of carbonyl (C=O) groups excluding carboxylic acids is 1. The van der Waals surface area contributed by atoms with Crippen LogP contribution in [0.4, 0.5) is 0 Å². The van der Waals surface area contributed by atoms with Crippen LogP contribution in [0, 0.1) is 0 Å². The lowest BCUT2D eigenvalue weighted by atomic mass is 10.0. The Labute approximate surface area is 129 Å². The Balaban J connectivity index is 1.94. The third-order valence-corrected chi connectivity index (χ3v) is 3.63. The average Bonchev–Trinajstić information content (AvgIpc) is 3.05. The molecule has 4 rings (SSSR count). The number of carbonyl (C=O) groups is 1. The topological polar surface area (TPSA) is 73.0 Å². The van der Waals surface area contributed by atoms with Gasteiger partial charge in [-0.1, -0.05) is 41.9 Å². The van der Waals surface area contributed by atoms with E-state index in [1.54, 1.807) is 30.3 Å². The molecular weight excluding hydrogens is 302 g/mol. The molecule has 0 N–H and O–H groups in total. The van der Waals surface area contributed by atoms with E-state index in [2.05, 4.69) is 20.5 Å². The maximum atomic E-state index is 12.5. The van der Waals surface area contributed by atoms with Gasteiger partial charge in [-0.25, -0.2) is 4.98 Å². The fourth-order valence-electron chi connectivity index (χ4n) is 2.32. The molecule has 0 bridgehead atoms. The summed E-state index contributed by atoms with van der Waals surface area (Å²) in [6, 6.07) is 14.3. The second kappa shape index (κ2) is 4.85. The van der Waals surface area contributed by atoms with Crippen molar-refractivity contribution in [3.63, 3.8) is 0 Å². The fraction of sp³-hybridized carbons (Fsp3) is 0. The van der Waals surface area contributed by atoms with Gasteiger partial charge in [-0.2, -0.15) is 4.52 Å². The van der Waals surface area contributed by atoms with Crippen molar-refractivity contribution < 1.29 is 4.79 Å². The molecule has 0 aliphatic heterocycles. The van der Waals surface area contributed by atoms with Crippen LogP contribution in [-0.2, 0) is 0 Å². The zero-order valence-electron chi connectivity index (χ0n) is 11.1. The monoisotopic (exact) mass is 309 g/mol. The molecule has 6 nitrogen and oxygen atoms in total. The molecule has 0 unspecified atom stereocenters. The molecule has 0 radical (unpaired) electrons. The van der Waals surface area contributed by atoms with E-state index >= 15 is 0 Å². The number of nitrogens with zero attached hydrogens (tertiary/aromatic N) is 5. The van der Waals surface area contributed by atoms with Crippen LogP contribution in [0.1, 0.15) is 15.9 Å². The molecule has 4 aromatic rings. The van der Waals surface area contributed by atoms with E-state index in [0.717, 1.165) is 0 Å². The van der Waals surface area contributed by atoms with E-state index in [1.807, 2.05) is 18.2 Å². The minimum atomic E-state index is -0.0707. The second-order valence-electron chi connectivity index (χ2n) is 4.72. The highest BCUT2D eigenvalue weighted by Gasteiger charge is 2.14. The SMILES string of the molecule is O=C(c1ccccc1)c1ccc2nc(Cl)c3nnnn3c2c1. The van der Waals surface area contributed by atoms with Gasteiger partial charge in [0.15, 0.2) is 10.9 Å². The Bertz CT molecular complexity index is 1010. The number of fused-ring (bicyclic) bond motifs is 3. The van der Waals surface area contributed by atoms with E-state index in [1.165, 1.54) is 4.52 Å². The first-order valence-corrected chi connectivity index (χ1v) is 6.89. The molecule has 0 fully saturated rings. The van der Waals surface area contributed by atoms with Crippen molar-refractivity contribution in [2.75, 3.05) is 0 Å². The summed E-state index contributed by atoms with van der Waals surface area (Å²) < 4.78 is 1.48. The van der Waals surface area contributed by atoms with Crippen molar-refractivity contribution >= 4 is 34.1 Å². The van der Waals surface area contributed by atoms with Crippen LogP contribution in [0.25, 0.3) is 16.7 Å². The summed E-state index contributed by atoms with van der Waals surface area (Å²) in [7, 11) is 0. The predicted molar refractivity (Wildman–Crippen MR) is 81.0 cm³/mol. The molecule has 2 heterocycles. The van der Waals surface area contributed by atoms with Crippen LogP contribution in [0.2, 0.25) is 5.15 Å². The Morgan fingerprint density at radius 3 is 2.68 bits per heavy atom.